The smallest absolute Gasteiger partial charge is 0.213 e. The van der Waals surface area contributed by atoms with Gasteiger partial charge in [-0.05, 0) is 26.8 Å². The highest BCUT2D eigenvalue weighted by Crippen LogP contribution is 2.23. The van der Waals surface area contributed by atoms with E-state index in [1.807, 2.05) is 32.9 Å². The Kier molecular flexibility index (Phi) is 3.94. The Morgan fingerprint density at radius 3 is 2.74 bits per heavy atom. The molecule has 0 aliphatic heterocycles. The molecule has 0 saturated heterocycles. The minimum Gasteiger partial charge on any atom is -0.494 e. The van der Waals surface area contributed by atoms with E-state index in [0.717, 1.165) is 22.9 Å². The molecule has 1 aromatic heterocycles. The van der Waals surface area contributed by atoms with E-state index in [2.05, 4.69) is 10.3 Å². The molecular weight excluding hydrogens is 242 g/mol. The van der Waals surface area contributed by atoms with E-state index in [9.17, 15) is 0 Å². The van der Waals surface area contributed by atoms with Gasteiger partial charge in [0, 0.05) is 23.5 Å². The van der Waals surface area contributed by atoms with E-state index in [1.54, 1.807) is 6.07 Å². The van der Waals surface area contributed by atoms with Crippen LogP contribution in [0, 0.1) is 13.8 Å². The van der Waals surface area contributed by atoms with Crippen LogP contribution in [0.3, 0.4) is 0 Å². The molecule has 5 nitrogen and oxygen atoms in total. The number of nitrogens with two attached hydrogens (primary N) is 1. The van der Waals surface area contributed by atoms with Gasteiger partial charge in [-0.2, -0.15) is 0 Å². The summed E-state index contributed by atoms with van der Waals surface area (Å²) >= 11 is 0. The minimum atomic E-state index is 0.518. The number of hydrogen-bond donors (Lipinski definition) is 2. The van der Waals surface area contributed by atoms with E-state index in [0.29, 0.717) is 24.7 Å². The first kappa shape index (κ1) is 13.3. The number of nitrogens with one attached hydrogen (secondary N) is 1. The second-order valence-electron chi connectivity index (χ2n) is 4.33. The molecule has 0 aliphatic carbocycles. The molecule has 0 saturated carbocycles. The lowest BCUT2D eigenvalue weighted by Gasteiger charge is -2.09. The molecule has 0 unspecified atom stereocenters. The quantitative estimate of drug-likeness (QED) is 0.810. The van der Waals surface area contributed by atoms with Gasteiger partial charge in [-0.15, -0.1) is 0 Å². The first-order chi connectivity index (χ1) is 9.08. The normalized spacial score (nSPS) is 10.5. The van der Waals surface area contributed by atoms with Crippen LogP contribution in [-0.2, 0) is 6.54 Å². The van der Waals surface area contributed by atoms with Crippen molar-refractivity contribution in [1.82, 2.24) is 4.98 Å². The van der Waals surface area contributed by atoms with Gasteiger partial charge in [0.2, 0.25) is 5.89 Å². The molecule has 102 valence electrons. The number of aryl methyl sites for hydroxylation is 2. The van der Waals surface area contributed by atoms with Gasteiger partial charge in [-0.1, -0.05) is 0 Å². The zero-order valence-corrected chi connectivity index (χ0v) is 11.5. The van der Waals surface area contributed by atoms with Crippen LogP contribution < -0.4 is 15.8 Å². The van der Waals surface area contributed by atoms with Gasteiger partial charge in [-0.25, -0.2) is 4.98 Å². The van der Waals surface area contributed by atoms with Gasteiger partial charge in [0.25, 0.3) is 0 Å². The van der Waals surface area contributed by atoms with Crippen LogP contribution in [0.1, 0.15) is 24.3 Å². The number of anilines is 2. The number of oxazole rings is 1. The average molecular weight is 261 g/mol. The number of rotatable bonds is 5. The lowest BCUT2D eigenvalue weighted by Crippen LogP contribution is -2.01. The monoisotopic (exact) mass is 261 g/mol. The van der Waals surface area contributed by atoms with Gasteiger partial charge in [-0.3, -0.25) is 0 Å². The Bertz CT molecular complexity index is 544. The molecule has 5 heteroatoms. The summed E-state index contributed by atoms with van der Waals surface area (Å²) in [5, 5.41) is 3.22. The van der Waals surface area contributed by atoms with Crippen molar-refractivity contribution in [1.29, 1.82) is 0 Å². The number of aromatic nitrogens is 1. The number of hydrogen-bond acceptors (Lipinski definition) is 5. The van der Waals surface area contributed by atoms with Crippen LogP contribution in [-0.4, -0.2) is 11.6 Å². The molecule has 0 radical (unpaired) electrons. The zero-order chi connectivity index (χ0) is 13.8. The molecule has 0 fully saturated rings. The van der Waals surface area contributed by atoms with Crippen LogP contribution in [0.25, 0.3) is 0 Å². The van der Waals surface area contributed by atoms with Gasteiger partial charge in [0.15, 0.2) is 0 Å². The third kappa shape index (κ3) is 3.40. The molecule has 0 spiro atoms. The zero-order valence-electron chi connectivity index (χ0n) is 11.5. The lowest BCUT2D eigenvalue weighted by atomic mass is 10.2. The molecule has 1 aromatic carbocycles. The third-order valence-electron chi connectivity index (χ3n) is 2.76. The van der Waals surface area contributed by atoms with Crippen molar-refractivity contribution in [2.24, 2.45) is 0 Å². The van der Waals surface area contributed by atoms with E-state index in [1.165, 1.54) is 0 Å². The topological polar surface area (TPSA) is 73.3 Å². The predicted molar refractivity (Wildman–Crippen MR) is 75.3 cm³/mol. The summed E-state index contributed by atoms with van der Waals surface area (Å²) in [6.45, 7) is 6.90. The Morgan fingerprint density at radius 2 is 2.11 bits per heavy atom. The summed E-state index contributed by atoms with van der Waals surface area (Å²) in [4.78, 5) is 4.31. The Labute approximate surface area is 112 Å². The van der Waals surface area contributed by atoms with Gasteiger partial charge in [0.05, 0.1) is 18.8 Å². The summed E-state index contributed by atoms with van der Waals surface area (Å²) < 4.78 is 11.0. The predicted octanol–water partition coefficient (Wildman–Crippen LogP) is 2.88. The average Bonchev–Trinajstić information content (AvgIpc) is 2.66. The molecule has 0 aliphatic rings. The van der Waals surface area contributed by atoms with Crippen LogP contribution in [0.15, 0.2) is 22.6 Å². The van der Waals surface area contributed by atoms with Crippen molar-refractivity contribution in [3.8, 4) is 5.75 Å². The van der Waals surface area contributed by atoms with E-state index in [4.69, 9.17) is 14.9 Å². The molecule has 0 atom stereocenters. The van der Waals surface area contributed by atoms with Crippen LogP contribution in [0.4, 0.5) is 11.4 Å². The summed E-state index contributed by atoms with van der Waals surface area (Å²) in [6.07, 6.45) is 0. The number of nitrogen functional groups attached to an aromatic ring is 1. The van der Waals surface area contributed by atoms with Crippen molar-refractivity contribution in [3.05, 3.63) is 35.5 Å². The second-order valence-corrected chi connectivity index (χ2v) is 4.33. The highest BCUT2D eigenvalue weighted by Gasteiger charge is 2.06. The maximum absolute atomic E-state index is 5.83. The van der Waals surface area contributed by atoms with Gasteiger partial charge >= 0.3 is 0 Å². The third-order valence-corrected chi connectivity index (χ3v) is 2.76. The van der Waals surface area contributed by atoms with Crippen LogP contribution in [0.2, 0.25) is 0 Å². The largest absolute Gasteiger partial charge is 0.494 e. The summed E-state index contributed by atoms with van der Waals surface area (Å²) in [5.41, 5.74) is 8.29. The number of ether oxygens (including phenoxy) is 1. The fourth-order valence-electron chi connectivity index (χ4n) is 1.77. The molecule has 3 N–H and O–H groups in total. The standard InChI is InChI=1S/C14H19N3O2/c1-4-18-13-6-11(15)5-12(7-13)16-8-14-17-9(2)10(3)19-14/h5-7,16H,4,8,15H2,1-3H3. The van der Waals surface area contributed by atoms with Crippen molar-refractivity contribution >= 4 is 11.4 Å². The van der Waals surface area contributed by atoms with Crippen molar-refractivity contribution < 1.29 is 9.15 Å². The van der Waals surface area contributed by atoms with E-state index >= 15 is 0 Å². The molecule has 19 heavy (non-hydrogen) atoms. The Hall–Kier alpha value is -2.17. The first-order valence-corrected chi connectivity index (χ1v) is 6.28. The van der Waals surface area contributed by atoms with Gasteiger partial charge < -0.3 is 20.2 Å². The minimum absolute atomic E-state index is 0.518. The summed E-state index contributed by atoms with van der Waals surface area (Å²) in [7, 11) is 0. The molecule has 0 amide bonds. The first-order valence-electron chi connectivity index (χ1n) is 6.28. The number of nitrogens with zero attached hydrogens (tertiary/aromatic N) is 1. The Balaban J connectivity index is 2.06. The summed E-state index contributed by atoms with van der Waals surface area (Å²) in [5.74, 6) is 2.26. The fourth-order valence-corrected chi connectivity index (χ4v) is 1.77. The highest BCUT2D eigenvalue weighted by atomic mass is 16.5. The SMILES string of the molecule is CCOc1cc(N)cc(NCc2nc(C)c(C)o2)c1. The van der Waals surface area contributed by atoms with Crippen molar-refractivity contribution in [3.63, 3.8) is 0 Å². The van der Waals surface area contributed by atoms with Gasteiger partial charge in [0.1, 0.15) is 11.5 Å². The van der Waals surface area contributed by atoms with Crippen molar-refractivity contribution in [2.45, 2.75) is 27.3 Å². The molecule has 0 bridgehead atoms. The number of benzene rings is 1. The summed E-state index contributed by atoms with van der Waals surface area (Å²) in [6, 6.07) is 5.56. The molecule has 2 rings (SSSR count). The Morgan fingerprint density at radius 1 is 1.32 bits per heavy atom. The van der Waals surface area contributed by atoms with Crippen LogP contribution >= 0.6 is 0 Å². The molecule has 1 heterocycles. The van der Waals surface area contributed by atoms with Crippen molar-refractivity contribution in [2.75, 3.05) is 17.7 Å². The highest BCUT2D eigenvalue weighted by molar-refractivity contribution is 5.59. The second kappa shape index (κ2) is 5.65. The molecular formula is C14H19N3O2. The fraction of sp³-hybridized carbons (Fsp3) is 0.357. The maximum atomic E-state index is 5.83. The molecule has 2 aromatic rings. The lowest BCUT2D eigenvalue weighted by molar-refractivity contribution is 0.340. The van der Waals surface area contributed by atoms with Crippen LogP contribution in [0.5, 0.6) is 5.75 Å². The van der Waals surface area contributed by atoms with E-state index in [-0.39, 0.29) is 0 Å². The van der Waals surface area contributed by atoms with E-state index < -0.39 is 0 Å². The maximum Gasteiger partial charge on any atom is 0.213 e.